The molecule has 1 heterocycles. The molecule has 1 rings (SSSR count). The van der Waals surface area contributed by atoms with Crippen LogP contribution in [0.4, 0.5) is 4.79 Å². The molecular formula is C11H20N2O4S. The first-order chi connectivity index (χ1) is 8.41. The number of nitrogens with zero attached hydrogens (tertiary/aromatic N) is 1. The summed E-state index contributed by atoms with van der Waals surface area (Å²) in [5.74, 6) is -0.775. The number of carbonyl (C=O) groups is 2. The maximum absolute atomic E-state index is 11.7. The van der Waals surface area contributed by atoms with E-state index in [1.165, 1.54) is 4.90 Å². The Bertz CT molecular complexity index is 348. The number of urea groups is 1. The number of rotatable bonds is 5. The lowest BCUT2D eigenvalue weighted by Crippen LogP contribution is -2.39. The zero-order valence-corrected chi connectivity index (χ0v) is 11.5. The third-order valence-electron chi connectivity index (χ3n) is 3.10. The molecule has 1 saturated heterocycles. The SMILES string of the molecule is CC1CN(C(=O)NCCCS(C)=O)CC1C(=O)O. The van der Waals surface area contributed by atoms with Gasteiger partial charge in [-0.1, -0.05) is 6.92 Å². The Kier molecular flexibility index (Phi) is 5.58. The van der Waals surface area contributed by atoms with Gasteiger partial charge in [-0.05, 0) is 12.3 Å². The highest BCUT2D eigenvalue weighted by atomic mass is 32.2. The van der Waals surface area contributed by atoms with Gasteiger partial charge in [0.05, 0.1) is 5.92 Å². The van der Waals surface area contributed by atoms with Gasteiger partial charge in [0.2, 0.25) is 0 Å². The maximum atomic E-state index is 11.7. The molecule has 3 atom stereocenters. The van der Waals surface area contributed by atoms with Gasteiger partial charge in [-0.25, -0.2) is 4.79 Å². The topological polar surface area (TPSA) is 86.7 Å². The van der Waals surface area contributed by atoms with E-state index in [1.54, 1.807) is 6.26 Å². The predicted molar refractivity (Wildman–Crippen MR) is 68.8 cm³/mol. The summed E-state index contributed by atoms with van der Waals surface area (Å²) in [4.78, 5) is 24.2. The molecule has 18 heavy (non-hydrogen) atoms. The second kappa shape index (κ2) is 6.72. The molecule has 1 aliphatic heterocycles. The molecule has 6 nitrogen and oxygen atoms in total. The summed E-state index contributed by atoms with van der Waals surface area (Å²) in [6, 6.07) is -0.229. The number of amides is 2. The fourth-order valence-corrected chi connectivity index (χ4v) is 2.59. The molecule has 2 amide bonds. The number of likely N-dealkylation sites (tertiary alicyclic amines) is 1. The number of carbonyl (C=O) groups excluding carboxylic acids is 1. The second-order valence-corrected chi connectivity index (χ2v) is 6.24. The molecule has 0 spiro atoms. The molecular weight excluding hydrogens is 256 g/mol. The molecule has 0 aromatic carbocycles. The summed E-state index contributed by atoms with van der Waals surface area (Å²) in [5, 5.41) is 11.7. The minimum atomic E-state index is -0.848. The van der Waals surface area contributed by atoms with Gasteiger partial charge in [0.15, 0.2) is 0 Å². The number of carboxylic acids is 1. The van der Waals surface area contributed by atoms with Gasteiger partial charge in [-0.3, -0.25) is 9.00 Å². The first-order valence-electron chi connectivity index (χ1n) is 5.97. The van der Waals surface area contributed by atoms with Crippen molar-refractivity contribution in [1.82, 2.24) is 10.2 Å². The van der Waals surface area contributed by atoms with Crippen molar-refractivity contribution in [3.8, 4) is 0 Å². The fourth-order valence-electron chi connectivity index (χ4n) is 2.04. The summed E-state index contributed by atoms with van der Waals surface area (Å²) in [6.45, 7) is 3.05. The highest BCUT2D eigenvalue weighted by molar-refractivity contribution is 7.84. The van der Waals surface area contributed by atoms with Gasteiger partial charge in [-0.2, -0.15) is 0 Å². The maximum Gasteiger partial charge on any atom is 0.317 e. The molecule has 3 unspecified atom stereocenters. The Labute approximate surface area is 109 Å². The zero-order chi connectivity index (χ0) is 13.7. The minimum Gasteiger partial charge on any atom is -0.481 e. The normalized spacial score (nSPS) is 24.9. The van der Waals surface area contributed by atoms with Crippen molar-refractivity contribution in [2.24, 2.45) is 11.8 Å². The van der Waals surface area contributed by atoms with Crippen molar-refractivity contribution in [2.75, 3.05) is 31.6 Å². The third kappa shape index (κ3) is 4.29. The highest BCUT2D eigenvalue weighted by Gasteiger charge is 2.36. The van der Waals surface area contributed by atoms with E-state index >= 15 is 0 Å². The number of hydrogen-bond acceptors (Lipinski definition) is 3. The Morgan fingerprint density at radius 3 is 2.61 bits per heavy atom. The van der Waals surface area contributed by atoms with E-state index in [2.05, 4.69) is 5.32 Å². The van der Waals surface area contributed by atoms with Gasteiger partial charge in [0, 0.05) is 42.4 Å². The average molecular weight is 276 g/mol. The number of carboxylic acid groups (broad SMARTS) is 1. The molecule has 1 fully saturated rings. The molecule has 7 heteroatoms. The predicted octanol–water partition coefficient (Wildman–Crippen LogP) is 0.117. The Morgan fingerprint density at radius 1 is 1.44 bits per heavy atom. The first kappa shape index (κ1) is 14.9. The lowest BCUT2D eigenvalue weighted by Gasteiger charge is -2.16. The molecule has 0 saturated carbocycles. The van der Waals surface area contributed by atoms with Crippen LogP contribution in [-0.2, 0) is 15.6 Å². The largest absolute Gasteiger partial charge is 0.481 e. The van der Waals surface area contributed by atoms with Gasteiger partial charge >= 0.3 is 12.0 Å². The van der Waals surface area contributed by atoms with E-state index < -0.39 is 22.7 Å². The Hall–Kier alpha value is -1.11. The molecule has 0 aromatic rings. The number of aliphatic carboxylic acids is 1. The summed E-state index contributed by atoms with van der Waals surface area (Å²) in [5.41, 5.74) is 0. The Balaban J connectivity index is 2.31. The first-order valence-corrected chi connectivity index (χ1v) is 7.70. The van der Waals surface area contributed by atoms with E-state index in [9.17, 15) is 13.8 Å². The summed E-state index contributed by atoms with van der Waals surface area (Å²) >= 11 is 0. The molecule has 2 N–H and O–H groups in total. The van der Waals surface area contributed by atoms with Crippen LogP contribution in [0.5, 0.6) is 0 Å². The summed E-state index contributed by atoms with van der Waals surface area (Å²) in [6.07, 6.45) is 2.29. The molecule has 1 aliphatic rings. The van der Waals surface area contributed by atoms with Crippen LogP contribution in [-0.4, -0.2) is 57.9 Å². The van der Waals surface area contributed by atoms with E-state index in [0.717, 1.165) is 0 Å². The zero-order valence-electron chi connectivity index (χ0n) is 10.7. The second-order valence-electron chi connectivity index (χ2n) is 4.69. The van der Waals surface area contributed by atoms with Crippen LogP contribution in [0.3, 0.4) is 0 Å². The van der Waals surface area contributed by atoms with Crippen LogP contribution in [0.25, 0.3) is 0 Å². The monoisotopic (exact) mass is 276 g/mol. The number of hydrogen-bond donors (Lipinski definition) is 2. The minimum absolute atomic E-state index is 0.0172. The van der Waals surface area contributed by atoms with Crippen molar-refractivity contribution in [2.45, 2.75) is 13.3 Å². The lowest BCUT2D eigenvalue weighted by molar-refractivity contribution is -0.142. The smallest absolute Gasteiger partial charge is 0.317 e. The molecule has 0 bridgehead atoms. The van der Waals surface area contributed by atoms with Crippen molar-refractivity contribution in [3.05, 3.63) is 0 Å². The van der Waals surface area contributed by atoms with Crippen LogP contribution in [0.1, 0.15) is 13.3 Å². The number of nitrogens with one attached hydrogen (secondary N) is 1. The Morgan fingerprint density at radius 2 is 2.11 bits per heavy atom. The van der Waals surface area contributed by atoms with Crippen LogP contribution in [0, 0.1) is 11.8 Å². The van der Waals surface area contributed by atoms with Crippen molar-refractivity contribution in [3.63, 3.8) is 0 Å². The van der Waals surface area contributed by atoms with E-state index in [0.29, 0.717) is 25.3 Å². The standard InChI is InChI=1S/C11H20N2O4S/c1-8-6-13(7-9(8)10(14)15)11(16)12-4-3-5-18(2)17/h8-9H,3-7H2,1-2H3,(H,12,16)(H,14,15). The van der Waals surface area contributed by atoms with Gasteiger partial charge in [0.1, 0.15) is 0 Å². The molecule has 0 radical (unpaired) electrons. The lowest BCUT2D eigenvalue weighted by atomic mass is 9.99. The molecule has 0 aromatic heterocycles. The van der Waals surface area contributed by atoms with E-state index in [1.807, 2.05) is 6.92 Å². The van der Waals surface area contributed by atoms with Gasteiger partial charge < -0.3 is 15.3 Å². The van der Waals surface area contributed by atoms with Crippen LogP contribution in [0.15, 0.2) is 0 Å². The molecule has 0 aliphatic carbocycles. The summed E-state index contributed by atoms with van der Waals surface area (Å²) in [7, 11) is -0.842. The fraction of sp³-hybridized carbons (Fsp3) is 0.818. The van der Waals surface area contributed by atoms with Crippen molar-refractivity contribution < 1.29 is 18.9 Å². The van der Waals surface area contributed by atoms with Gasteiger partial charge in [0.25, 0.3) is 0 Å². The van der Waals surface area contributed by atoms with Gasteiger partial charge in [-0.15, -0.1) is 0 Å². The quantitative estimate of drug-likeness (QED) is 0.698. The molecule has 104 valence electrons. The van der Waals surface area contributed by atoms with Crippen LogP contribution < -0.4 is 5.32 Å². The van der Waals surface area contributed by atoms with E-state index in [-0.39, 0.29) is 18.5 Å². The average Bonchev–Trinajstić information content (AvgIpc) is 2.66. The highest BCUT2D eigenvalue weighted by Crippen LogP contribution is 2.22. The van der Waals surface area contributed by atoms with Crippen LogP contribution in [0.2, 0.25) is 0 Å². The van der Waals surface area contributed by atoms with Crippen LogP contribution >= 0.6 is 0 Å². The summed E-state index contributed by atoms with van der Waals surface area (Å²) < 4.78 is 10.8. The van der Waals surface area contributed by atoms with E-state index in [4.69, 9.17) is 5.11 Å². The third-order valence-corrected chi connectivity index (χ3v) is 3.97. The van der Waals surface area contributed by atoms with Crippen molar-refractivity contribution in [1.29, 1.82) is 0 Å². The van der Waals surface area contributed by atoms with Crippen molar-refractivity contribution >= 4 is 22.8 Å².